The first-order valence-electron chi connectivity index (χ1n) is 5.89. The molecule has 0 spiro atoms. The van der Waals surface area contributed by atoms with Gasteiger partial charge in [-0.25, -0.2) is 4.98 Å². The van der Waals surface area contributed by atoms with Crippen molar-refractivity contribution >= 4 is 33.1 Å². The highest BCUT2D eigenvalue weighted by Crippen LogP contribution is 2.24. The maximum absolute atomic E-state index is 11.6. The van der Waals surface area contributed by atoms with E-state index in [1.165, 1.54) is 0 Å². The van der Waals surface area contributed by atoms with Gasteiger partial charge in [0.15, 0.2) is 0 Å². The number of aromatic nitrogens is 1. The number of hydrogen-bond acceptors (Lipinski definition) is 4. The Hall–Kier alpha value is -1.46. The van der Waals surface area contributed by atoms with Gasteiger partial charge in [-0.1, -0.05) is 0 Å². The molecule has 0 fully saturated rings. The Bertz CT molecular complexity index is 563. The van der Waals surface area contributed by atoms with Crippen molar-refractivity contribution in [1.82, 2.24) is 4.98 Å². The average Bonchev–Trinajstić information content (AvgIpc) is 2.66. The zero-order chi connectivity index (χ0) is 13.1. The lowest BCUT2D eigenvalue weighted by Crippen LogP contribution is -2.13. The Morgan fingerprint density at radius 1 is 1.56 bits per heavy atom. The van der Waals surface area contributed by atoms with Gasteiger partial charge >= 0.3 is 0 Å². The van der Waals surface area contributed by atoms with Gasteiger partial charge in [-0.2, -0.15) is 0 Å². The first-order valence-corrected chi connectivity index (χ1v) is 6.71. The second-order valence-corrected chi connectivity index (χ2v) is 5.59. The SMILES string of the molecule is Cc1nc2ccc(NC(=O)CCC(C)O)cc2s1. The molecular weight excluding hydrogens is 248 g/mol. The third-order valence-corrected chi connectivity index (χ3v) is 3.50. The van der Waals surface area contributed by atoms with Crippen molar-refractivity contribution in [3.8, 4) is 0 Å². The van der Waals surface area contributed by atoms with E-state index in [1.54, 1.807) is 18.3 Å². The summed E-state index contributed by atoms with van der Waals surface area (Å²) in [5, 5.41) is 13.0. The molecule has 0 saturated heterocycles. The van der Waals surface area contributed by atoms with E-state index in [4.69, 9.17) is 5.11 Å². The van der Waals surface area contributed by atoms with Crippen LogP contribution in [0.5, 0.6) is 0 Å². The Morgan fingerprint density at radius 2 is 2.33 bits per heavy atom. The fourth-order valence-corrected chi connectivity index (χ4v) is 2.55. The fraction of sp³-hybridized carbons (Fsp3) is 0.385. The van der Waals surface area contributed by atoms with E-state index >= 15 is 0 Å². The number of nitrogens with zero attached hydrogens (tertiary/aromatic N) is 1. The topological polar surface area (TPSA) is 62.2 Å². The molecule has 96 valence electrons. The van der Waals surface area contributed by atoms with E-state index in [1.807, 2.05) is 25.1 Å². The summed E-state index contributed by atoms with van der Waals surface area (Å²) in [6, 6.07) is 5.69. The molecule has 18 heavy (non-hydrogen) atoms. The van der Waals surface area contributed by atoms with Crippen LogP contribution >= 0.6 is 11.3 Å². The number of aryl methyl sites for hydroxylation is 1. The van der Waals surface area contributed by atoms with Gasteiger partial charge in [-0.15, -0.1) is 11.3 Å². The molecule has 2 N–H and O–H groups in total. The normalized spacial score (nSPS) is 12.6. The molecule has 0 aliphatic rings. The van der Waals surface area contributed by atoms with Gasteiger partial charge in [-0.3, -0.25) is 4.79 Å². The first-order chi connectivity index (χ1) is 8.54. The highest BCUT2D eigenvalue weighted by Gasteiger charge is 2.06. The molecule has 2 rings (SSSR count). The number of amides is 1. The van der Waals surface area contributed by atoms with Crippen molar-refractivity contribution in [2.45, 2.75) is 32.8 Å². The van der Waals surface area contributed by atoms with Crippen molar-refractivity contribution in [1.29, 1.82) is 0 Å². The van der Waals surface area contributed by atoms with Gasteiger partial charge in [0.25, 0.3) is 0 Å². The van der Waals surface area contributed by atoms with Crippen molar-refractivity contribution in [2.24, 2.45) is 0 Å². The minimum Gasteiger partial charge on any atom is -0.393 e. The maximum Gasteiger partial charge on any atom is 0.224 e. The number of aliphatic hydroxyl groups is 1. The minimum atomic E-state index is -0.442. The molecule has 5 heteroatoms. The number of nitrogens with one attached hydrogen (secondary N) is 1. The fourth-order valence-electron chi connectivity index (χ4n) is 1.68. The standard InChI is InChI=1S/C13H16N2O2S/c1-8(16)3-6-13(17)15-10-4-5-11-12(7-10)18-9(2)14-11/h4-5,7-8,16H,3,6H2,1-2H3,(H,15,17). The van der Waals surface area contributed by atoms with Crippen LogP contribution in [0.2, 0.25) is 0 Å². The number of hydrogen-bond donors (Lipinski definition) is 2. The average molecular weight is 264 g/mol. The monoisotopic (exact) mass is 264 g/mol. The van der Waals surface area contributed by atoms with Crippen LogP contribution < -0.4 is 5.32 Å². The van der Waals surface area contributed by atoms with Crippen LogP contribution in [0.4, 0.5) is 5.69 Å². The number of carbonyl (C=O) groups excluding carboxylic acids is 1. The summed E-state index contributed by atoms with van der Waals surface area (Å²) in [5.74, 6) is -0.0727. The minimum absolute atomic E-state index is 0.0727. The van der Waals surface area contributed by atoms with Crippen LogP contribution in [-0.2, 0) is 4.79 Å². The van der Waals surface area contributed by atoms with Crippen LogP contribution in [0.25, 0.3) is 10.2 Å². The number of carbonyl (C=O) groups is 1. The van der Waals surface area contributed by atoms with Crippen molar-refractivity contribution < 1.29 is 9.90 Å². The molecule has 0 bridgehead atoms. The van der Waals surface area contributed by atoms with E-state index in [0.29, 0.717) is 12.8 Å². The Kier molecular flexibility index (Phi) is 3.93. The second kappa shape index (κ2) is 5.46. The van der Waals surface area contributed by atoms with Crippen LogP contribution in [0.3, 0.4) is 0 Å². The first kappa shape index (κ1) is 13.0. The third-order valence-electron chi connectivity index (χ3n) is 2.57. The van der Waals surface area contributed by atoms with Gasteiger partial charge in [0.1, 0.15) is 0 Å². The highest BCUT2D eigenvalue weighted by atomic mass is 32.1. The molecule has 0 aliphatic carbocycles. The lowest BCUT2D eigenvalue weighted by atomic mass is 10.2. The van der Waals surface area contributed by atoms with E-state index in [0.717, 1.165) is 20.9 Å². The molecule has 0 saturated carbocycles. The smallest absolute Gasteiger partial charge is 0.224 e. The summed E-state index contributed by atoms with van der Waals surface area (Å²) in [4.78, 5) is 16.0. The summed E-state index contributed by atoms with van der Waals surface area (Å²) in [6.07, 6.45) is 0.368. The second-order valence-electron chi connectivity index (χ2n) is 4.35. The molecule has 1 unspecified atom stereocenters. The number of thiazole rings is 1. The predicted molar refractivity (Wildman–Crippen MR) is 73.9 cm³/mol. The molecule has 1 amide bonds. The number of rotatable bonds is 4. The van der Waals surface area contributed by atoms with Gasteiger partial charge in [-0.05, 0) is 38.5 Å². The summed E-state index contributed by atoms with van der Waals surface area (Å²) < 4.78 is 1.07. The number of aliphatic hydroxyl groups excluding tert-OH is 1. The molecule has 1 aromatic heterocycles. The number of fused-ring (bicyclic) bond motifs is 1. The quantitative estimate of drug-likeness (QED) is 0.892. The van der Waals surface area contributed by atoms with E-state index in [2.05, 4.69) is 10.3 Å². The molecular formula is C13H16N2O2S. The molecule has 1 atom stereocenters. The van der Waals surface area contributed by atoms with E-state index in [9.17, 15) is 4.79 Å². The molecule has 2 aromatic rings. The molecule has 4 nitrogen and oxygen atoms in total. The van der Waals surface area contributed by atoms with Gasteiger partial charge < -0.3 is 10.4 Å². The lowest BCUT2D eigenvalue weighted by Gasteiger charge is -2.06. The Morgan fingerprint density at radius 3 is 3.06 bits per heavy atom. The van der Waals surface area contributed by atoms with Gasteiger partial charge in [0.2, 0.25) is 5.91 Å². The molecule has 1 heterocycles. The summed E-state index contributed by atoms with van der Waals surface area (Å²) in [5.41, 5.74) is 1.74. The van der Waals surface area contributed by atoms with Gasteiger partial charge in [0.05, 0.1) is 21.3 Å². The number of anilines is 1. The summed E-state index contributed by atoms with van der Waals surface area (Å²) >= 11 is 1.61. The van der Waals surface area contributed by atoms with Crippen molar-refractivity contribution in [2.75, 3.05) is 5.32 Å². The Labute approximate surface area is 110 Å². The maximum atomic E-state index is 11.6. The largest absolute Gasteiger partial charge is 0.393 e. The zero-order valence-corrected chi connectivity index (χ0v) is 11.3. The number of benzene rings is 1. The van der Waals surface area contributed by atoms with Crippen LogP contribution in [0.1, 0.15) is 24.8 Å². The molecule has 1 aromatic carbocycles. The van der Waals surface area contributed by atoms with E-state index in [-0.39, 0.29) is 5.91 Å². The lowest BCUT2D eigenvalue weighted by molar-refractivity contribution is -0.116. The van der Waals surface area contributed by atoms with E-state index < -0.39 is 6.10 Å². The van der Waals surface area contributed by atoms with Crippen LogP contribution in [0, 0.1) is 6.92 Å². The summed E-state index contributed by atoms with van der Waals surface area (Å²) in [6.45, 7) is 3.64. The van der Waals surface area contributed by atoms with Crippen molar-refractivity contribution in [3.63, 3.8) is 0 Å². The zero-order valence-electron chi connectivity index (χ0n) is 10.4. The Balaban J connectivity index is 2.05. The molecule has 0 aliphatic heterocycles. The third kappa shape index (κ3) is 3.27. The van der Waals surface area contributed by atoms with Crippen LogP contribution in [-0.4, -0.2) is 22.1 Å². The molecule has 0 radical (unpaired) electrons. The highest BCUT2D eigenvalue weighted by molar-refractivity contribution is 7.18. The van der Waals surface area contributed by atoms with Gasteiger partial charge in [0, 0.05) is 12.1 Å². The van der Waals surface area contributed by atoms with Crippen molar-refractivity contribution in [3.05, 3.63) is 23.2 Å². The predicted octanol–water partition coefficient (Wildman–Crippen LogP) is 2.70. The van der Waals surface area contributed by atoms with Crippen LogP contribution in [0.15, 0.2) is 18.2 Å². The summed E-state index contributed by atoms with van der Waals surface area (Å²) in [7, 11) is 0.